The molecule has 0 saturated heterocycles. The average Bonchev–Trinajstić information content (AvgIpc) is 3.32. The number of amides is 3. The Kier molecular flexibility index (Phi) is 8.43. The molecule has 1 aromatic carbocycles. The highest BCUT2D eigenvalue weighted by Gasteiger charge is 2.23. The quantitative estimate of drug-likeness (QED) is 0.333. The number of nitrogens with zero attached hydrogens (tertiary/aromatic N) is 4. The number of aromatic nitrogens is 3. The molecular weight excluding hydrogens is 495 g/mol. The third-order valence-electron chi connectivity index (χ3n) is 4.75. The SMILES string of the molecule is BC(B)(B)NC(=O)c1nnc(NC(=O)OC)cc1Nc1cccc(-c2ncc(C(=O)N(C)C)s2)c1OC. The maximum absolute atomic E-state index is 13.0. The van der Waals surface area contributed by atoms with Crippen molar-refractivity contribution in [1.82, 2.24) is 25.4 Å². The number of rotatable bonds is 8. The number of thiazole rings is 1. The van der Waals surface area contributed by atoms with Crippen LogP contribution in [0, 0.1) is 0 Å². The van der Waals surface area contributed by atoms with Crippen molar-refractivity contribution in [2.75, 3.05) is 38.9 Å². The van der Waals surface area contributed by atoms with Gasteiger partial charge in [-0.1, -0.05) is 6.07 Å². The number of hydrogen-bond acceptors (Lipinski definition) is 10. The van der Waals surface area contributed by atoms with Crippen molar-refractivity contribution >= 4 is 70.0 Å². The molecule has 2 aromatic heterocycles. The minimum Gasteiger partial charge on any atom is -0.494 e. The molecule has 0 aliphatic carbocycles. The molecule has 3 N–H and O–H groups in total. The van der Waals surface area contributed by atoms with E-state index in [0.717, 1.165) is 0 Å². The van der Waals surface area contributed by atoms with Crippen LogP contribution in [0.4, 0.5) is 22.0 Å². The van der Waals surface area contributed by atoms with E-state index in [9.17, 15) is 14.4 Å². The van der Waals surface area contributed by atoms with Gasteiger partial charge in [0.25, 0.3) is 11.8 Å². The van der Waals surface area contributed by atoms with Crippen molar-refractivity contribution in [3.63, 3.8) is 0 Å². The number of para-hydroxylation sites is 1. The van der Waals surface area contributed by atoms with E-state index in [-0.39, 0.29) is 23.1 Å². The Morgan fingerprint density at radius 2 is 1.81 bits per heavy atom. The van der Waals surface area contributed by atoms with E-state index in [1.807, 2.05) is 29.6 Å². The van der Waals surface area contributed by atoms with Gasteiger partial charge in [0.2, 0.25) is 0 Å². The fourth-order valence-electron chi connectivity index (χ4n) is 3.16. The van der Waals surface area contributed by atoms with Crippen molar-refractivity contribution in [1.29, 1.82) is 0 Å². The molecule has 0 atom stereocenters. The van der Waals surface area contributed by atoms with Gasteiger partial charge in [0, 0.05) is 20.2 Å². The van der Waals surface area contributed by atoms with E-state index in [4.69, 9.17) is 4.74 Å². The van der Waals surface area contributed by atoms with E-state index in [1.165, 1.54) is 42.7 Å². The molecule has 190 valence electrons. The number of benzene rings is 1. The van der Waals surface area contributed by atoms with Crippen LogP contribution >= 0.6 is 11.3 Å². The Bertz CT molecular complexity index is 1330. The van der Waals surface area contributed by atoms with Crippen molar-refractivity contribution in [2.45, 2.75) is 5.24 Å². The largest absolute Gasteiger partial charge is 0.494 e. The zero-order valence-corrected chi connectivity index (χ0v) is 22.4. The van der Waals surface area contributed by atoms with Crippen molar-refractivity contribution in [2.24, 2.45) is 0 Å². The first-order chi connectivity index (χ1) is 17.4. The summed E-state index contributed by atoms with van der Waals surface area (Å²) in [5, 5.41) is 16.5. The summed E-state index contributed by atoms with van der Waals surface area (Å²) in [6.07, 6.45) is 0.785. The second-order valence-electron chi connectivity index (χ2n) is 9.05. The van der Waals surface area contributed by atoms with Gasteiger partial charge in [-0.25, -0.2) is 9.78 Å². The monoisotopic (exact) mass is 521 g/mol. The predicted molar refractivity (Wildman–Crippen MR) is 149 cm³/mol. The summed E-state index contributed by atoms with van der Waals surface area (Å²) >= 11 is 1.24. The third-order valence-corrected chi connectivity index (χ3v) is 5.77. The molecule has 0 saturated carbocycles. The molecule has 0 bridgehead atoms. The van der Waals surface area contributed by atoms with Gasteiger partial charge in [-0.15, -0.1) is 21.5 Å². The van der Waals surface area contributed by atoms with Crippen LogP contribution in [0.2, 0.25) is 0 Å². The third kappa shape index (κ3) is 6.79. The van der Waals surface area contributed by atoms with Crippen LogP contribution in [0.15, 0.2) is 30.5 Å². The number of carbonyl (C=O) groups is 3. The number of nitrogens with one attached hydrogen (secondary N) is 3. The molecule has 3 rings (SSSR count). The van der Waals surface area contributed by atoms with Crippen molar-refractivity contribution in [3.8, 4) is 16.3 Å². The van der Waals surface area contributed by atoms with Gasteiger partial charge in [-0.3, -0.25) is 14.9 Å². The van der Waals surface area contributed by atoms with Crippen molar-refractivity contribution in [3.05, 3.63) is 41.0 Å². The van der Waals surface area contributed by atoms with Gasteiger partial charge >= 0.3 is 6.09 Å². The van der Waals surface area contributed by atoms with E-state index >= 15 is 0 Å². The lowest BCUT2D eigenvalue weighted by Crippen LogP contribution is -2.50. The minimum absolute atomic E-state index is 0.00547. The van der Waals surface area contributed by atoms with Gasteiger partial charge in [-0.2, -0.15) is 0 Å². The Balaban J connectivity index is 2.05. The van der Waals surface area contributed by atoms with Crippen LogP contribution in [0.3, 0.4) is 0 Å². The molecular formula is C21H26B3N7O5S. The molecule has 0 radical (unpaired) electrons. The highest BCUT2D eigenvalue weighted by Crippen LogP contribution is 2.40. The summed E-state index contributed by atoms with van der Waals surface area (Å²) in [5.74, 6) is -0.111. The summed E-state index contributed by atoms with van der Waals surface area (Å²) in [5.41, 5.74) is 1.41. The summed E-state index contributed by atoms with van der Waals surface area (Å²) in [6, 6.07) is 6.81. The lowest BCUT2D eigenvalue weighted by molar-refractivity contribution is 0.0831. The van der Waals surface area contributed by atoms with Gasteiger partial charge in [0.1, 0.15) is 33.4 Å². The highest BCUT2D eigenvalue weighted by atomic mass is 32.1. The lowest BCUT2D eigenvalue weighted by Gasteiger charge is -2.21. The first-order valence-electron chi connectivity index (χ1n) is 11.1. The summed E-state index contributed by atoms with van der Waals surface area (Å²) in [7, 11) is 11.6. The van der Waals surface area contributed by atoms with Crippen LogP contribution in [0.5, 0.6) is 5.75 Å². The summed E-state index contributed by atoms with van der Waals surface area (Å²) < 4.78 is 10.3. The van der Waals surface area contributed by atoms with Crippen LogP contribution in [0.1, 0.15) is 20.2 Å². The predicted octanol–water partition coefficient (Wildman–Crippen LogP) is -0.527. The topological polar surface area (TPSA) is 148 Å². The summed E-state index contributed by atoms with van der Waals surface area (Å²) in [4.78, 5) is 43.4. The lowest BCUT2D eigenvalue weighted by atomic mass is 9.49. The number of carbonyl (C=O) groups excluding carboxylic acids is 3. The maximum Gasteiger partial charge on any atom is 0.412 e. The molecule has 0 aliphatic heterocycles. The molecule has 3 aromatic rings. The molecule has 12 nitrogen and oxygen atoms in total. The molecule has 2 heterocycles. The average molecular weight is 521 g/mol. The van der Waals surface area contributed by atoms with Crippen LogP contribution < -0.4 is 20.7 Å². The highest BCUT2D eigenvalue weighted by molar-refractivity contribution is 7.17. The molecule has 37 heavy (non-hydrogen) atoms. The number of methoxy groups -OCH3 is 2. The van der Waals surface area contributed by atoms with Gasteiger partial charge in [0.05, 0.1) is 37.4 Å². The molecule has 0 fully saturated rings. The molecule has 3 amide bonds. The van der Waals surface area contributed by atoms with E-state index in [2.05, 4.69) is 35.9 Å². The fraction of sp³-hybridized carbons (Fsp3) is 0.238. The number of hydrogen-bond donors (Lipinski definition) is 3. The second-order valence-corrected chi connectivity index (χ2v) is 10.1. The molecule has 16 heteroatoms. The Hall–Kier alpha value is -4.07. The molecule has 0 unspecified atom stereocenters. The zero-order valence-electron chi connectivity index (χ0n) is 21.6. The van der Waals surface area contributed by atoms with Gasteiger partial charge < -0.3 is 25.0 Å². The maximum atomic E-state index is 13.0. The second kappa shape index (κ2) is 11.3. The van der Waals surface area contributed by atoms with Gasteiger partial charge in [-0.05, 0) is 17.4 Å². The standard InChI is InChI=1S/C21H26B3N7O5S/c1-31(2)19(33)13-9-25-18(37-13)10-6-5-7-11(16(10)35-3)26-12-8-14(27-20(34)36-4)29-30-15(12)17(32)28-21(22,23)24/h5-9H,22-24H2,1-4H3,(H,28,32)(H2,26,27,29,34). The number of anilines is 3. The summed E-state index contributed by atoms with van der Waals surface area (Å²) in [6.45, 7) is 0. The smallest absolute Gasteiger partial charge is 0.412 e. The van der Waals surface area contributed by atoms with Gasteiger partial charge in [0.15, 0.2) is 17.3 Å². The van der Waals surface area contributed by atoms with Crippen LogP contribution in [0.25, 0.3) is 10.6 Å². The van der Waals surface area contributed by atoms with Crippen LogP contribution in [-0.2, 0) is 4.74 Å². The zero-order chi connectivity index (χ0) is 27.3. The van der Waals surface area contributed by atoms with E-state index < -0.39 is 17.2 Å². The van der Waals surface area contributed by atoms with Crippen molar-refractivity contribution < 1.29 is 23.9 Å². The number of ether oxygens (including phenoxy) is 2. The van der Waals surface area contributed by atoms with E-state index in [1.54, 1.807) is 26.2 Å². The van der Waals surface area contributed by atoms with E-state index in [0.29, 0.717) is 26.9 Å². The Labute approximate surface area is 220 Å². The Morgan fingerprint density at radius 1 is 1.08 bits per heavy atom. The first kappa shape index (κ1) is 27.5. The van der Waals surface area contributed by atoms with Crippen LogP contribution in [-0.4, -0.2) is 95.1 Å². The molecule has 0 spiro atoms. The molecule has 0 aliphatic rings. The Morgan fingerprint density at radius 3 is 2.43 bits per heavy atom. The normalized spacial score (nSPS) is 10.8. The minimum atomic E-state index is -0.737. The fourth-order valence-corrected chi connectivity index (χ4v) is 4.12. The first-order valence-corrected chi connectivity index (χ1v) is 11.9.